The highest BCUT2D eigenvalue weighted by Gasteiger charge is 2.01. The van der Waals surface area contributed by atoms with Crippen molar-refractivity contribution in [1.82, 2.24) is 5.32 Å². The molecule has 5 heteroatoms. The second-order valence-electron chi connectivity index (χ2n) is 4.93. The lowest BCUT2D eigenvalue weighted by Crippen LogP contribution is -2.23. The number of carbonyl (C=O) groups excluding carboxylic acids is 1. The number of ether oxygens (including phenoxy) is 2. The van der Waals surface area contributed by atoms with Crippen LogP contribution in [0.15, 0.2) is 59.5 Å². The molecule has 4 nitrogen and oxygen atoms in total. The molecule has 0 atom stereocenters. The van der Waals surface area contributed by atoms with E-state index in [-0.39, 0.29) is 5.91 Å². The maximum absolute atomic E-state index is 11.9. The van der Waals surface area contributed by atoms with Gasteiger partial charge >= 0.3 is 0 Å². The van der Waals surface area contributed by atoms with Crippen molar-refractivity contribution in [2.45, 2.75) is 4.90 Å². The number of thioether (sulfide) groups is 1. The standard InChI is InChI=1S/C19H21NO3S/c1-22-16-12-15(13-17(14-16)23-2)8-9-19(21)20-10-11-24-18-6-4-3-5-7-18/h3-9,12-14H,10-11H2,1-2H3,(H,20,21)/b9-8+. The van der Waals surface area contributed by atoms with Crippen LogP contribution < -0.4 is 14.8 Å². The molecule has 0 fully saturated rings. The Bertz CT molecular complexity index is 664. The maximum Gasteiger partial charge on any atom is 0.244 e. The smallest absolute Gasteiger partial charge is 0.244 e. The Morgan fingerprint density at radius 2 is 1.75 bits per heavy atom. The van der Waals surface area contributed by atoms with Crippen LogP contribution in [0.25, 0.3) is 6.08 Å². The fourth-order valence-electron chi connectivity index (χ4n) is 2.02. The summed E-state index contributed by atoms with van der Waals surface area (Å²) in [6.45, 7) is 0.615. The highest BCUT2D eigenvalue weighted by Crippen LogP contribution is 2.23. The molecule has 2 rings (SSSR count). The van der Waals surface area contributed by atoms with Gasteiger partial charge in [0.05, 0.1) is 14.2 Å². The van der Waals surface area contributed by atoms with E-state index in [1.165, 1.54) is 11.0 Å². The van der Waals surface area contributed by atoms with Crippen molar-refractivity contribution in [3.8, 4) is 11.5 Å². The van der Waals surface area contributed by atoms with Gasteiger partial charge in [-0.25, -0.2) is 0 Å². The highest BCUT2D eigenvalue weighted by atomic mass is 32.2. The van der Waals surface area contributed by atoms with Gasteiger partial charge in [0.1, 0.15) is 11.5 Å². The van der Waals surface area contributed by atoms with Crippen molar-refractivity contribution in [3.63, 3.8) is 0 Å². The fourth-order valence-corrected chi connectivity index (χ4v) is 2.81. The molecule has 0 unspecified atom stereocenters. The normalized spacial score (nSPS) is 10.6. The zero-order valence-corrected chi connectivity index (χ0v) is 14.6. The highest BCUT2D eigenvalue weighted by molar-refractivity contribution is 7.99. The van der Waals surface area contributed by atoms with Gasteiger partial charge in [-0.3, -0.25) is 4.79 Å². The second-order valence-corrected chi connectivity index (χ2v) is 6.10. The van der Waals surface area contributed by atoms with Crippen LogP contribution in [0.1, 0.15) is 5.56 Å². The van der Waals surface area contributed by atoms with Crippen LogP contribution in [-0.4, -0.2) is 32.4 Å². The largest absolute Gasteiger partial charge is 0.497 e. The van der Waals surface area contributed by atoms with E-state index in [0.717, 1.165) is 11.3 Å². The van der Waals surface area contributed by atoms with Crippen molar-refractivity contribution in [3.05, 3.63) is 60.2 Å². The van der Waals surface area contributed by atoms with Crippen LogP contribution in [0.4, 0.5) is 0 Å². The Morgan fingerprint density at radius 3 is 2.38 bits per heavy atom. The van der Waals surface area contributed by atoms with Gasteiger partial charge in [-0.2, -0.15) is 0 Å². The molecule has 2 aromatic rings. The quantitative estimate of drug-likeness (QED) is 0.452. The Kier molecular flexibility index (Phi) is 7.23. The Morgan fingerprint density at radius 1 is 1.08 bits per heavy atom. The first-order chi connectivity index (χ1) is 11.7. The molecule has 0 aromatic heterocycles. The number of amides is 1. The topological polar surface area (TPSA) is 47.6 Å². The third-order valence-electron chi connectivity index (χ3n) is 3.21. The average molecular weight is 343 g/mol. The number of methoxy groups -OCH3 is 2. The molecule has 1 N–H and O–H groups in total. The summed E-state index contributed by atoms with van der Waals surface area (Å²) in [6, 6.07) is 15.6. The number of nitrogens with one attached hydrogen (secondary N) is 1. The lowest BCUT2D eigenvalue weighted by Gasteiger charge is -2.06. The molecule has 0 saturated heterocycles. The van der Waals surface area contributed by atoms with Gasteiger partial charge in [-0.15, -0.1) is 11.8 Å². The van der Waals surface area contributed by atoms with Crippen LogP contribution in [0, 0.1) is 0 Å². The summed E-state index contributed by atoms with van der Waals surface area (Å²) in [5, 5.41) is 2.87. The molecule has 0 radical (unpaired) electrons. The number of rotatable bonds is 8. The van der Waals surface area contributed by atoms with E-state index in [2.05, 4.69) is 17.4 Å². The summed E-state index contributed by atoms with van der Waals surface area (Å²) < 4.78 is 10.4. The first-order valence-electron chi connectivity index (χ1n) is 7.58. The van der Waals surface area contributed by atoms with Crippen LogP contribution in [0.5, 0.6) is 11.5 Å². The molecule has 1 amide bonds. The third kappa shape index (κ3) is 6.01. The zero-order valence-electron chi connectivity index (χ0n) is 13.8. The molecule has 0 aliphatic carbocycles. The van der Waals surface area contributed by atoms with Gasteiger partial charge in [-0.05, 0) is 35.9 Å². The van der Waals surface area contributed by atoms with Gasteiger partial charge in [0.25, 0.3) is 0 Å². The van der Waals surface area contributed by atoms with E-state index in [0.29, 0.717) is 18.0 Å². The van der Waals surface area contributed by atoms with Crippen molar-refractivity contribution >= 4 is 23.7 Å². The number of hydrogen-bond acceptors (Lipinski definition) is 4. The van der Waals surface area contributed by atoms with Crippen LogP contribution in [-0.2, 0) is 4.79 Å². The molecule has 0 aliphatic heterocycles. The van der Waals surface area contributed by atoms with E-state index in [1.54, 1.807) is 38.1 Å². The zero-order chi connectivity index (χ0) is 17.2. The molecule has 0 bridgehead atoms. The summed E-state index contributed by atoms with van der Waals surface area (Å²) in [4.78, 5) is 13.1. The molecule has 126 valence electrons. The predicted octanol–water partition coefficient (Wildman–Crippen LogP) is 3.63. The number of hydrogen-bond donors (Lipinski definition) is 1. The Balaban J connectivity index is 1.80. The van der Waals surface area contributed by atoms with E-state index in [4.69, 9.17) is 9.47 Å². The maximum atomic E-state index is 11.9. The van der Waals surface area contributed by atoms with Crippen molar-refractivity contribution < 1.29 is 14.3 Å². The summed E-state index contributed by atoms with van der Waals surface area (Å²) >= 11 is 1.71. The van der Waals surface area contributed by atoms with E-state index in [1.807, 2.05) is 30.3 Å². The number of benzene rings is 2. The van der Waals surface area contributed by atoms with Crippen LogP contribution in [0.2, 0.25) is 0 Å². The third-order valence-corrected chi connectivity index (χ3v) is 4.23. The average Bonchev–Trinajstić information content (AvgIpc) is 2.64. The minimum absolute atomic E-state index is 0.120. The first kappa shape index (κ1) is 17.9. The molecule has 24 heavy (non-hydrogen) atoms. The van der Waals surface area contributed by atoms with Crippen molar-refractivity contribution in [2.24, 2.45) is 0 Å². The minimum atomic E-state index is -0.120. The summed E-state index contributed by atoms with van der Waals surface area (Å²) in [7, 11) is 3.19. The van der Waals surface area contributed by atoms with Crippen LogP contribution in [0.3, 0.4) is 0 Å². The molecule has 0 heterocycles. The second kappa shape index (κ2) is 9.67. The number of carbonyl (C=O) groups is 1. The molecule has 0 aliphatic rings. The Hall–Kier alpha value is -2.40. The van der Waals surface area contributed by atoms with E-state index < -0.39 is 0 Å². The van der Waals surface area contributed by atoms with E-state index >= 15 is 0 Å². The SMILES string of the molecule is COc1cc(/C=C/C(=O)NCCSc2ccccc2)cc(OC)c1. The van der Waals surface area contributed by atoms with Crippen LogP contribution >= 0.6 is 11.8 Å². The van der Waals surface area contributed by atoms with Crippen molar-refractivity contribution in [1.29, 1.82) is 0 Å². The Labute approximate surface area is 146 Å². The van der Waals surface area contributed by atoms with Gasteiger partial charge in [-0.1, -0.05) is 18.2 Å². The molecular formula is C19H21NO3S. The summed E-state index contributed by atoms with van der Waals surface area (Å²) in [5.74, 6) is 2.09. The monoisotopic (exact) mass is 343 g/mol. The lowest BCUT2D eigenvalue weighted by atomic mass is 10.2. The molecule has 0 saturated carbocycles. The molecule has 2 aromatic carbocycles. The van der Waals surface area contributed by atoms with E-state index in [9.17, 15) is 4.79 Å². The first-order valence-corrected chi connectivity index (χ1v) is 8.56. The van der Waals surface area contributed by atoms with Gasteiger partial charge in [0.15, 0.2) is 0 Å². The minimum Gasteiger partial charge on any atom is -0.497 e. The summed E-state index contributed by atoms with van der Waals surface area (Å²) in [6.07, 6.45) is 3.26. The van der Waals surface area contributed by atoms with Gasteiger partial charge in [0.2, 0.25) is 5.91 Å². The van der Waals surface area contributed by atoms with Crippen molar-refractivity contribution in [2.75, 3.05) is 26.5 Å². The lowest BCUT2D eigenvalue weighted by molar-refractivity contribution is -0.116. The molecular weight excluding hydrogens is 322 g/mol. The van der Waals surface area contributed by atoms with Gasteiger partial charge < -0.3 is 14.8 Å². The van der Waals surface area contributed by atoms with Gasteiger partial charge in [0, 0.05) is 29.3 Å². The fraction of sp³-hybridized carbons (Fsp3) is 0.211. The summed E-state index contributed by atoms with van der Waals surface area (Å²) in [5.41, 5.74) is 0.847. The predicted molar refractivity (Wildman–Crippen MR) is 98.8 cm³/mol. The molecule has 0 spiro atoms.